The minimum absolute atomic E-state index is 0.753. The molecular weight excluding hydrogens is 152 g/mol. The average Bonchev–Trinajstić information content (AvgIpc) is 2.05. The van der Waals surface area contributed by atoms with E-state index in [9.17, 15) is 0 Å². The fourth-order valence-corrected chi connectivity index (χ4v) is 2.49. The number of hydrogen-bond acceptors (Lipinski definition) is 1. The van der Waals surface area contributed by atoms with Crippen molar-refractivity contribution in [1.29, 1.82) is 0 Å². The third-order valence-corrected chi connectivity index (χ3v) is 3.60. The predicted octanol–water partition coefficient (Wildman–Crippen LogP) is 3.49. The van der Waals surface area contributed by atoms with Crippen LogP contribution in [0.3, 0.4) is 0 Å². The second-order valence-electron chi connectivity index (χ2n) is 3.60. The van der Waals surface area contributed by atoms with Crippen LogP contribution >= 0.6 is 11.8 Å². The normalized spacial score (nSPS) is 24.0. The molecule has 0 spiro atoms. The highest BCUT2D eigenvalue weighted by Gasteiger charge is 2.10. The summed E-state index contributed by atoms with van der Waals surface area (Å²) in [5.41, 5.74) is 3.36. The fourth-order valence-electron chi connectivity index (χ4n) is 1.37. The molecule has 1 aliphatic rings. The first-order valence-electron chi connectivity index (χ1n) is 4.48. The molecule has 1 aliphatic heterocycles. The lowest BCUT2D eigenvalue weighted by Gasteiger charge is -2.18. The van der Waals surface area contributed by atoms with E-state index in [0.29, 0.717) is 0 Å². The summed E-state index contributed by atoms with van der Waals surface area (Å²) in [4.78, 5) is 0. The summed E-state index contributed by atoms with van der Waals surface area (Å²) < 4.78 is 0. The number of allylic oxidation sites excluding steroid dienone is 1. The van der Waals surface area contributed by atoms with Gasteiger partial charge in [0, 0.05) is 5.75 Å². The number of hydrogen-bond donors (Lipinski definition) is 0. The molecule has 0 bridgehead atoms. The molecule has 1 saturated heterocycles. The van der Waals surface area contributed by atoms with Gasteiger partial charge < -0.3 is 0 Å². The molecule has 0 amide bonds. The molecule has 64 valence electrons. The van der Waals surface area contributed by atoms with Crippen LogP contribution in [-0.2, 0) is 0 Å². The highest BCUT2D eigenvalue weighted by molar-refractivity contribution is 7.99. The van der Waals surface area contributed by atoms with Crippen LogP contribution in [0.4, 0.5) is 0 Å². The van der Waals surface area contributed by atoms with Crippen molar-refractivity contribution < 1.29 is 0 Å². The van der Waals surface area contributed by atoms with Gasteiger partial charge in [0.05, 0.1) is 0 Å². The Balaban J connectivity index is 2.60. The standard InChI is InChI=1S/C10H18S/c1-8(2)9(3)10-5-4-6-11-7-10/h8H,4-7H2,1-3H3/b10-9+. The van der Waals surface area contributed by atoms with Crippen molar-refractivity contribution in [2.75, 3.05) is 11.5 Å². The first-order chi connectivity index (χ1) is 5.22. The molecule has 0 saturated carbocycles. The highest BCUT2D eigenvalue weighted by Crippen LogP contribution is 2.27. The van der Waals surface area contributed by atoms with Gasteiger partial charge in [0.25, 0.3) is 0 Å². The lowest BCUT2D eigenvalue weighted by molar-refractivity contribution is 0.736. The molecule has 0 aliphatic carbocycles. The van der Waals surface area contributed by atoms with E-state index in [2.05, 4.69) is 32.5 Å². The monoisotopic (exact) mass is 170 g/mol. The van der Waals surface area contributed by atoms with Gasteiger partial charge in [0.2, 0.25) is 0 Å². The van der Waals surface area contributed by atoms with Gasteiger partial charge in [-0.25, -0.2) is 0 Å². The Morgan fingerprint density at radius 1 is 1.45 bits per heavy atom. The van der Waals surface area contributed by atoms with E-state index >= 15 is 0 Å². The maximum atomic E-state index is 2.30. The van der Waals surface area contributed by atoms with Crippen LogP contribution < -0.4 is 0 Å². The summed E-state index contributed by atoms with van der Waals surface area (Å²) in [6.45, 7) is 6.88. The first-order valence-corrected chi connectivity index (χ1v) is 5.63. The maximum Gasteiger partial charge on any atom is 0.0145 e. The fraction of sp³-hybridized carbons (Fsp3) is 0.800. The Morgan fingerprint density at radius 2 is 2.18 bits per heavy atom. The van der Waals surface area contributed by atoms with E-state index in [-0.39, 0.29) is 0 Å². The lowest BCUT2D eigenvalue weighted by Crippen LogP contribution is -2.04. The zero-order valence-corrected chi connectivity index (χ0v) is 8.63. The molecule has 0 aromatic heterocycles. The van der Waals surface area contributed by atoms with Gasteiger partial charge in [-0.05, 0) is 31.4 Å². The average molecular weight is 170 g/mol. The van der Waals surface area contributed by atoms with Crippen molar-refractivity contribution in [2.45, 2.75) is 33.6 Å². The Hall–Kier alpha value is 0.0900. The SMILES string of the molecule is C/C(=C1/CCCSC1)C(C)C. The zero-order valence-electron chi connectivity index (χ0n) is 7.81. The van der Waals surface area contributed by atoms with Crippen LogP contribution in [0.1, 0.15) is 33.6 Å². The molecule has 1 fully saturated rings. The third kappa shape index (κ3) is 2.55. The molecule has 0 radical (unpaired) electrons. The molecule has 0 N–H and O–H groups in total. The van der Waals surface area contributed by atoms with Crippen LogP contribution in [0.25, 0.3) is 0 Å². The molecule has 0 atom stereocenters. The summed E-state index contributed by atoms with van der Waals surface area (Å²) in [5, 5.41) is 0. The maximum absolute atomic E-state index is 2.30. The van der Waals surface area contributed by atoms with Crippen LogP contribution in [0.2, 0.25) is 0 Å². The van der Waals surface area contributed by atoms with Crippen molar-refractivity contribution in [1.82, 2.24) is 0 Å². The van der Waals surface area contributed by atoms with Gasteiger partial charge in [-0.1, -0.05) is 25.0 Å². The topological polar surface area (TPSA) is 0 Å². The van der Waals surface area contributed by atoms with Crippen molar-refractivity contribution in [3.8, 4) is 0 Å². The molecule has 0 nitrogen and oxygen atoms in total. The van der Waals surface area contributed by atoms with Gasteiger partial charge in [-0.2, -0.15) is 11.8 Å². The summed E-state index contributed by atoms with van der Waals surface area (Å²) in [6, 6.07) is 0. The van der Waals surface area contributed by atoms with Gasteiger partial charge in [0.15, 0.2) is 0 Å². The largest absolute Gasteiger partial charge is 0.158 e. The Morgan fingerprint density at radius 3 is 2.64 bits per heavy atom. The van der Waals surface area contributed by atoms with Gasteiger partial charge in [-0.15, -0.1) is 0 Å². The van der Waals surface area contributed by atoms with E-state index < -0.39 is 0 Å². The molecule has 1 heterocycles. The minimum atomic E-state index is 0.753. The second kappa shape index (κ2) is 4.20. The van der Waals surface area contributed by atoms with E-state index in [1.807, 2.05) is 0 Å². The first kappa shape index (κ1) is 9.18. The second-order valence-corrected chi connectivity index (χ2v) is 4.70. The van der Waals surface area contributed by atoms with Crippen molar-refractivity contribution in [3.63, 3.8) is 0 Å². The van der Waals surface area contributed by atoms with Crippen LogP contribution in [0.15, 0.2) is 11.1 Å². The highest BCUT2D eigenvalue weighted by atomic mass is 32.2. The molecular formula is C10H18S. The van der Waals surface area contributed by atoms with Crippen molar-refractivity contribution >= 4 is 11.8 Å². The van der Waals surface area contributed by atoms with Crippen LogP contribution in [0, 0.1) is 5.92 Å². The number of rotatable bonds is 1. The Kier molecular flexibility index (Phi) is 3.50. The predicted molar refractivity (Wildman–Crippen MR) is 54.1 cm³/mol. The van der Waals surface area contributed by atoms with Gasteiger partial charge in [0.1, 0.15) is 0 Å². The van der Waals surface area contributed by atoms with E-state index in [0.717, 1.165) is 5.92 Å². The quantitative estimate of drug-likeness (QED) is 0.543. The van der Waals surface area contributed by atoms with Gasteiger partial charge >= 0.3 is 0 Å². The Labute approximate surface area is 74.5 Å². The molecule has 11 heavy (non-hydrogen) atoms. The zero-order chi connectivity index (χ0) is 8.27. The summed E-state index contributed by atoms with van der Waals surface area (Å²) in [6.07, 6.45) is 2.75. The summed E-state index contributed by atoms with van der Waals surface area (Å²) >= 11 is 2.09. The van der Waals surface area contributed by atoms with Crippen LogP contribution in [0.5, 0.6) is 0 Å². The van der Waals surface area contributed by atoms with E-state index in [1.54, 1.807) is 11.1 Å². The molecule has 0 aromatic rings. The molecule has 1 rings (SSSR count). The van der Waals surface area contributed by atoms with Crippen molar-refractivity contribution in [2.24, 2.45) is 5.92 Å². The summed E-state index contributed by atoms with van der Waals surface area (Å²) in [7, 11) is 0. The molecule has 0 unspecified atom stereocenters. The Bertz CT molecular complexity index is 148. The van der Waals surface area contributed by atoms with Crippen molar-refractivity contribution in [3.05, 3.63) is 11.1 Å². The van der Waals surface area contributed by atoms with Crippen LogP contribution in [-0.4, -0.2) is 11.5 Å². The van der Waals surface area contributed by atoms with E-state index in [1.165, 1.54) is 24.3 Å². The summed E-state index contributed by atoms with van der Waals surface area (Å²) in [5.74, 6) is 3.42. The van der Waals surface area contributed by atoms with Gasteiger partial charge in [-0.3, -0.25) is 0 Å². The number of thioether (sulfide) groups is 1. The molecule has 1 heteroatoms. The smallest absolute Gasteiger partial charge is 0.0145 e. The lowest BCUT2D eigenvalue weighted by atomic mass is 9.97. The minimum Gasteiger partial charge on any atom is -0.158 e. The molecule has 0 aromatic carbocycles. The third-order valence-electron chi connectivity index (χ3n) is 2.47. The van der Waals surface area contributed by atoms with E-state index in [4.69, 9.17) is 0 Å².